The molecule has 3 aromatic carbocycles. The minimum Gasteiger partial charge on any atom is -0.496 e. The third kappa shape index (κ3) is 2.85. The minimum absolute atomic E-state index is 0.0280. The summed E-state index contributed by atoms with van der Waals surface area (Å²) < 4.78 is 7.95. The van der Waals surface area contributed by atoms with Crippen LogP contribution in [0.2, 0.25) is 0 Å². The summed E-state index contributed by atoms with van der Waals surface area (Å²) in [6.07, 6.45) is 2.32. The standard InChI is InChI=1S/C27H24Br2O/c1-15-12-21-20(6-5-7-24(21)30-4)25(15)27(2,3)26-22-13-16(28)8-10-18(22)19-11-9-17(29)14-23(19)26/h5-14,25-26H,1-4H3. The molecule has 0 saturated heterocycles. The third-order valence-corrected chi connectivity index (χ3v) is 7.87. The van der Waals surface area contributed by atoms with Crippen molar-refractivity contribution >= 4 is 37.9 Å². The van der Waals surface area contributed by atoms with Crippen molar-refractivity contribution in [3.8, 4) is 16.9 Å². The summed E-state index contributed by atoms with van der Waals surface area (Å²) in [6, 6.07) is 19.9. The Morgan fingerprint density at radius 1 is 0.800 bits per heavy atom. The first kappa shape index (κ1) is 20.1. The zero-order valence-corrected chi connectivity index (χ0v) is 20.8. The van der Waals surface area contributed by atoms with E-state index in [1.54, 1.807) is 7.11 Å². The van der Waals surface area contributed by atoms with Gasteiger partial charge in [-0.25, -0.2) is 0 Å². The van der Waals surface area contributed by atoms with Crippen LogP contribution in [0, 0.1) is 5.41 Å². The number of methoxy groups -OCH3 is 1. The van der Waals surface area contributed by atoms with E-state index >= 15 is 0 Å². The Balaban J connectivity index is 1.73. The number of allylic oxidation sites excluding steroid dienone is 1. The highest BCUT2D eigenvalue weighted by Crippen LogP contribution is 2.61. The van der Waals surface area contributed by atoms with Gasteiger partial charge < -0.3 is 4.74 Å². The highest BCUT2D eigenvalue weighted by atomic mass is 79.9. The first-order valence-corrected chi connectivity index (χ1v) is 11.9. The van der Waals surface area contributed by atoms with Crippen LogP contribution in [-0.4, -0.2) is 7.11 Å². The van der Waals surface area contributed by atoms with E-state index in [1.165, 1.54) is 39.0 Å². The molecule has 0 fully saturated rings. The van der Waals surface area contributed by atoms with Gasteiger partial charge in [0.15, 0.2) is 0 Å². The van der Waals surface area contributed by atoms with Crippen LogP contribution in [0.25, 0.3) is 17.2 Å². The number of hydrogen-bond donors (Lipinski definition) is 0. The van der Waals surface area contributed by atoms with E-state index in [-0.39, 0.29) is 5.41 Å². The van der Waals surface area contributed by atoms with Crippen LogP contribution in [0.3, 0.4) is 0 Å². The van der Waals surface area contributed by atoms with Crippen molar-refractivity contribution in [2.75, 3.05) is 7.11 Å². The van der Waals surface area contributed by atoms with Gasteiger partial charge in [-0.15, -0.1) is 0 Å². The lowest BCUT2D eigenvalue weighted by Gasteiger charge is -2.40. The molecule has 0 spiro atoms. The van der Waals surface area contributed by atoms with Gasteiger partial charge in [0.05, 0.1) is 7.11 Å². The fraction of sp³-hybridized carbons (Fsp3) is 0.259. The van der Waals surface area contributed by atoms with Gasteiger partial charge in [0, 0.05) is 26.3 Å². The van der Waals surface area contributed by atoms with Gasteiger partial charge in [-0.1, -0.05) is 81.6 Å². The Bertz CT molecular complexity index is 1150. The molecule has 0 heterocycles. The predicted octanol–water partition coefficient (Wildman–Crippen LogP) is 8.56. The minimum atomic E-state index is -0.0280. The number of halogens is 2. The maximum Gasteiger partial charge on any atom is 0.126 e. The molecule has 0 aliphatic heterocycles. The molecule has 0 aromatic heterocycles. The fourth-order valence-corrected chi connectivity index (χ4v) is 6.62. The summed E-state index contributed by atoms with van der Waals surface area (Å²) in [5.74, 6) is 1.58. The molecule has 2 aliphatic rings. The molecule has 30 heavy (non-hydrogen) atoms. The molecular formula is C27H24Br2O. The number of fused-ring (bicyclic) bond motifs is 4. The second-order valence-corrected chi connectivity index (χ2v) is 10.8. The Morgan fingerprint density at radius 3 is 1.97 bits per heavy atom. The van der Waals surface area contributed by atoms with Crippen LogP contribution in [0.5, 0.6) is 5.75 Å². The van der Waals surface area contributed by atoms with Crippen LogP contribution >= 0.6 is 31.9 Å². The van der Waals surface area contributed by atoms with E-state index in [0.717, 1.165) is 14.7 Å². The Morgan fingerprint density at radius 2 is 1.40 bits per heavy atom. The monoisotopic (exact) mass is 522 g/mol. The lowest BCUT2D eigenvalue weighted by Crippen LogP contribution is -2.29. The second kappa shape index (κ2) is 7.10. The summed E-state index contributed by atoms with van der Waals surface area (Å²) in [5.41, 5.74) is 9.50. The Labute approximate surface area is 195 Å². The van der Waals surface area contributed by atoms with Gasteiger partial charge >= 0.3 is 0 Å². The maximum atomic E-state index is 5.68. The fourth-order valence-electron chi connectivity index (χ4n) is 5.86. The second-order valence-electron chi connectivity index (χ2n) is 9.00. The van der Waals surface area contributed by atoms with E-state index in [4.69, 9.17) is 4.74 Å². The molecule has 1 unspecified atom stereocenters. The molecule has 1 nitrogen and oxygen atoms in total. The molecule has 3 heteroatoms. The first-order chi connectivity index (χ1) is 14.3. The molecule has 5 rings (SSSR count). The van der Waals surface area contributed by atoms with Gasteiger partial charge in [0.2, 0.25) is 0 Å². The number of benzene rings is 3. The van der Waals surface area contributed by atoms with Crippen molar-refractivity contribution in [1.29, 1.82) is 0 Å². The predicted molar refractivity (Wildman–Crippen MR) is 132 cm³/mol. The van der Waals surface area contributed by atoms with Crippen molar-refractivity contribution in [3.63, 3.8) is 0 Å². The summed E-state index contributed by atoms with van der Waals surface area (Å²) in [4.78, 5) is 0. The van der Waals surface area contributed by atoms with Crippen molar-refractivity contribution in [3.05, 3.63) is 91.4 Å². The maximum absolute atomic E-state index is 5.68. The van der Waals surface area contributed by atoms with Crippen LogP contribution in [-0.2, 0) is 0 Å². The average Bonchev–Trinajstić information content (AvgIpc) is 3.21. The normalized spacial score (nSPS) is 17.4. The van der Waals surface area contributed by atoms with Crippen LogP contribution < -0.4 is 4.74 Å². The number of rotatable bonds is 3. The zero-order chi connectivity index (χ0) is 21.2. The Kier molecular flexibility index (Phi) is 4.75. The van der Waals surface area contributed by atoms with Crippen molar-refractivity contribution in [2.45, 2.75) is 32.6 Å². The molecule has 2 aliphatic carbocycles. The Hall–Kier alpha value is -1.84. The van der Waals surface area contributed by atoms with Crippen LogP contribution in [0.1, 0.15) is 54.9 Å². The quantitative estimate of drug-likeness (QED) is 0.334. The largest absolute Gasteiger partial charge is 0.496 e. The summed E-state index contributed by atoms with van der Waals surface area (Å²) >= 11 is 7.44. The summed E-state index contributed by atoms with van der Waals surface area (Å²) in [7, 11) is 1.76. The molecule has 1 atom stereocenters. The van der Waals surface area contributed by atoms with Gasteiger partial charge in [-0.2, -0.15) is 0 Å². The van der Waals surface area contributed by atoms with Gasteiger partial charge in [0.25, 0.3) is 0 Å². The number of ether oxygens (including phenoxy) is 1. The molecule has 0 amide bonds. The third-order valence-electron chi connectivity index (χ3n) is 6.89. The van der Waals surface area contributed by atoms with Crippen LogP contribution in [0.4, 0.5) is 0 Å². The first-order valence-electron chi connectivity index (χ1n) is 10.3. The SMILES string of the molecule is COc1cccc2c1C=C(C)C2C(C)(C)C1c2cc(Br)ccc2-c2ccc(Br)cc21. The van der Waals surface area contributed by atoms with Crippen molar-refractivity contribution in [2.24, 2.45) is 5.41 Å². The highest BCUT2D eigenvalue weighted by Gasteiger charge is 2.47. The zero-order valence-electron chi connectivity index (χ0n) is 17.6. The summed E-state index contributed by atoms with van der Waals surface area (Å²) in [6.45, 7) is 7.12. The van der Waals surface area contributed by atoms with E-state index in [2.05, 4.69) is 113 Å². The van der Waals surface area contributed by atoms with Crippen molar-refractivity contribution in [1.82, 2.24) is 0 Å². The van der Waals surface area contributed by atoms with E-state index < -0.39 is 0 Å². The summed E-state index contributed by atoms with van der Waals surface area (Å²) in [5, 5.41) is 0. The smallest absolute Gasteiger partial charge is 0.126 e. The molecule has 0 radical (unpaired) electrons. The average molecular weight is 524 g/mol. The molecular weight excluding hydrogens is 500 g/mol. The number of hydrogen-bond acceptors (Lipinski definition) is 1. The molecule has 3 aromatic rings. The highest BCUT2D eigenvalue weighted by molar-refractivity contribution is 9.10. The molecule has 0 saturated carbocycles. The van der Waals surface area contributed by atoms with E-state index in [1.807, 2.05) is 0 Å². The van der Waals surface area contributed by atoms with Gasteiger partial charge in [-0.3, -0.25) is 0 Å². The lowest BCUT2D eigenvalue weighted by atomic mass is 9.63. The molecule has 0 bridgehead atoms. The van der Waals surface area contributed by atoms with Gasteiger partial charge in [-0.05, 0) is 70.5 Å². The van der Waals surface area contributed by atoms with E-state index in [9.17, 15) is 0 Å². The molecule has 152 valence electrons. The van der Waals surface area contributed by atoms with Gasteiger partial charge in [0.1, 0.15) is 5.75 Å². The topological polar surface area (TPSA) is 9.23 Å². The molecule has 0 N–H and O–H groups in total. The van der Waals surface area contributed by atoms with E-state index in [0.29, 0.717) is 11.8 Å². The van der Waals surface area contributed by atoms with Crippen LogP contribution in [0.15, 0.2) is 69.1 Å². The lowest BCUT2D eigenvalue weighted by molar-refractivity contribution is 0.278. The van der Waals surface area contributed by atoms with Crippen molar-refractivity contribution < 1.29 is 4.74 Å².